The molecule has 0 amide bonds. The Labute approximate surface area is 117 Å². The maximum absolute atomic E-state index is 12.4. The third-order valence-corrected chi connectivity index (χ3v) is 2.73. The van der Waals surface area contributed by atoms with E-state index in [0.29, 0.717) is 11.3 Å². The van der Waals surface area contributed by atoms with Crippen molar-refractivity contribution in [2.24, 2.45) is 0 Å². The van der Waals surface area contributed by atoms with Crippen molar-refractivity contribution in [3.8, 4) is 22.7 Å². The molecule has 2 N–H and O–H groups in total. The second kappa shape index (κ2) is 5.23. The summed E-state index contributed by atoms with van der Waals surface area (Å²) in [5, 5.41) is 6.86. The van der Waals surface area contributed by atoms with Gasteiger partial charge in [0.15, 0.2) is 0 Å². The Morgan fingerprint density at radius 1 is 1.00 bits per heavy atom. The van der Waals surface area contributed by atoms with E-state index in [1.165, 1.54) is 0 Å². The maximum Gasteiger partial charge on any atom is 0.314 e. The summed E-state index contributed by atoms with van der Waals surface area (Å²) in [6.07, 6.45) is -1.23. The van der Waals surface area contributed by atoms with Crippen LogP contribution >= 0.6 is 0 Å². The lowest BCUT2D eigenvalue weighted by Crippen LogP contribution is -1.94. The van der Waals surface area contributed by atoms with Crippen LogP contribution in [0.25, 0.3) is 22.7 Å². The zero-order chi connectivity index (χ0) is 14.8. The van der Waals surface area contributed by atoms with Gasteiger partial charge in [0.05, 0.1) is 5.69 Å². The summed E-state index contributed by atoms with van der Waals surface area (Å²) < 4.78 is 29.7. The Kier molecular flexibility index (Phi) is 3.27. The topological polar surface area (TPSA) is 90.7 Å². The van der Waals surface area contributed by atoms with Crippen LogP contribution in [-0.4, -0.2) is 20.2 Å². The molecule has 21 heavy (non-hydrogen) atoms. The van der Waals surface area contributed by atoms with Gasteiger partial charge in [-0.2, -0.15) is 8.78 Å². The first kappa shape index (κ1) is 13.1. The lowest BCUT2D eigenvalue weighted by Gasteiger charge is -2.02. The highest BCUT2D eigenvalue weighted by molar-refractivity contribution is 5.64. The summed E-state index contributed by atoms with van der Waals surface area (Å²) in [5.41, 5.74) is 7.53. The highest BCUT2D eigenvalue weighted by Gasteiger charge is 2.16. The van der Waals surface area contributed by atoms with Crippen molar-refractivity contribution < 1.29 is 13.2 Å². The van der Waals surface area contributed by atoms with Gasteiger partial charge < -0.3 is 10.2 Å². The maximum atomic E-state index is 12.4. The van der Waals surface area contributed by atoms with E-state index in [-0.39, 0.29) is 11.8 Å². The Balaban J connectivity index is 1.90. The molecule has 0 atom stereocenters. The molecule has 0 aliphatic carbocycles. The minimum absolute atomic E-state index is 0.0408. The van der Waals surface area contributed by atoms with Gasteiger partial charge in [-0.15, -0.1) is 10.2 Å². The van der Waals surface area contributed by atoms with Gasteiger partial charge in [-0.05, 0) is 18.2 Å². The Morgan fingerprint density at radius 3 is 2.33 bits per heavy atom. The molecule has 0 unspecified atom stereocenters. The number of benzene rings is 1. The van der Waals surface area contributed by atoms with E-state index in [0.717, 1.165) is 5.56 Å². The van der Waals surface area contributed by atoms with E-state index in [1.54, 1.807) is 36.5 Å². The molecular weight excluding hydrogens is 280 g/mol. The molecular formula is C13H9F2N5O. The number of rotatable bonds is 3. The summed E-state index contributed by atoms with van der Waals surface area (Å²) in [6.45, 7) is 0. The fourth-order valence-corrected chi connectivity index (χ4v) is 1.76. The van der Waals surface area contributed by atoms with Crippen molar-refractivity contribution in [1.82, 2.24) is 20.2 Å². The molecule has 1 aromatic carbocycles. The Bertz CT molecular complexity index is 757. The van der Waals surface area contributed by atoms with E-state index >= 15 is 0 Å². The monoisotopic (exact) mass is 289 g/mol. The van der Waals surface area contributed by atoms with E-state index in [9.17, 15) is 8.78 Å². The average molecular weight is 289 g/mol. The van der Waals surface area contributed by atoms with Crippen LogP contribution in [0.5, 0.6) is 0 Å². The number of nitrogens with zero attached hydrogens (tertiary/aromatic N) is 4. The molecule has 0 saturated heterocycles. The number of anilines is 1. The van der Waals surface area contributed by atoms with Crippen LogP contribution in [0, 0.1) is 0 Å². The molecule has 0 bridgehead atoms. The molecule has 3 aromatic rings. The van der Waals surface area contributed by atoms with Crippen LogP contribution in [-0.2, 0) is 0 Å². The highest BCUT2D eigenvalue weighted by atomic mass is 19.3. The summed E-state index contributed by atoms with van der Waals surface area (Å²) in [5.74, 6) is -0.480. The number of hydrogen-bond acceptors (Lipinski definition) is 6. The fraction of sp³-hybridized carbons (Fsp3) is 0.0769. The van der Waals surface area contributed by atoms with Gasteiger partial charge in [-0.3, -0.25) is 0 Å². The lowest BCUT2D eigenvalue weighted by molar-refractivity contribution is 0.116. The molecule has 2 aromatic heterocycles. The molecule has 0 radical (unpaired) electrons. The first-order valence-electron chi connectivity index (χ1n) is 5.94. The summed E-state index contributed by atoms with van der Waals surface area (Å²) in [6, 6.07) is 8.58. The van der Waals surface area contributed by atoms with Crippen molar-refractivity contribution >= 4 is 5.95 Å². The minimum Gasteiger partial charge on any atom is -0.415 e. The molecule has 0 saturated carbocycles. The largest absolute Gasteiger partial charge is 0.415 e. The molecule has 8 heteroatoms. The third-order valence-electron chi connectivity index (χ3n) is 2.73. The number of halogens is 2. The van der Waals surface area contributed by atoms with Crippen LogP contribution in [0.1, 0.15) is 12.3 Å². The number of nitrogens with two attached hydrogens (primary N) is 1. The van der Waals surface area contributed by atoms with Crippen LogP contribution in [0.2, 0.25) is 0 Å². The molecule has 0 aliphatic rings. The number of nitrogen functional groups attached to an aromatic ring is 1. The van der Waals surface area contributed by atoms with Gasteiger partial charge in [0.1, 0.15) is 0 Å². The van der Waals surface area contributed by atoms with E-state index in [2.05, 4.69) is 20.2 Å². The zero-order valence-electron chi connectivity index (χ0n) is 10.6. The van der Waals surface area contributed by atoms with Gasteiger partial charge in [-0.25, -0.2) is 9.97 Å². The standard InChI is InChI=1S/C13H9F2N5O/c14-10(15)12-20-19-11(21-12)8-3-1-7(2-4-8)9-5-6-17-13(16)18-9/h1-6,10H,(H2,16,17,18). The average Bonchev–Trinajstić information content (AvgIpc) is 2.97. The van der Waals surface area contributed by atoms with Crippen molar-refractivity contribution in [1.29, 1.82) is 0 Å². The van der Waals surface area contributed by atoms with E-state index < -0.39 is 12.3 Å². The summed E-state index contributed by atoms with van der Waals surface area (Å²) in [7, 11) is 0. The van der Waals surface area contributed by atoms with Crippen LogP contribution in [0.3, 0.4) is 0 Å². The van der Waals surface area contributed by atoms with E-state index in [1.807, 2.05) is 0 Å². The van der Waals surface area contributed by atoms with Crippen LogP contribution < -0.4 is 5.73 Å². The number of aromatic nitrogens is 4. The second-order valence-electron chi connectivity index (χ2n) is 4.12. The fourth-order valence-electron chi connectivity index (χ4n) is 1.76. The van der Waals surface area contributed by atoms with Gasteiger partial charge >= 0.3 is 6.43 Å². The van der Waals surface area contributed by atoms with Crippen molar-refractivity contribution in [3.05, 3.63) is 42.4 Å². The molecule has 106 valence electrons. The zero-order valence-corrected chi connectivity index (χ0v) is 10.6. The smallest absolute Gasteiger partial charge is 0.314 e. The third kappa shape index (κ3) is 2.69. The summed E-state index contributed by atoms with van der Waals surface area (Å²) in [4.78, 5) is 7.90. The van der Waals surface area contributed by atoms with Crippen molar-refractivity contribution in [2.45, 2.75) is 6.43 Å². The predicted octanol–water partition coefficient (Wildman–Crippen LogP) is 2.71. The normalized spacial score (nSPS) is 11.0. The molecule has 0 fully saturated rings. The minimum atomic E-state index is -2.78. The Hall–Kier alpha value is -2.90. The Morgan fingerprint density at radius 2 is 1.71 bits per heavy atom. The summed E-state index contributed by atoms with van der Waals surface area (Å²) >= 11 is 0. The van der Waals surface area contributed by atoms with Crippen molar-refractivity contribution in [3.63, 3.8) is 0 Å². The SMILES string of the molecule is Nc1nccc(-c2ccc(-c3nnc(C(F)F)o3)cc2)n1. The van der Waals surface area contributed by atoms with Gasteiger partial charge in [0.25, 0.3) is 5.89 Å². The van der Waals surface area contributed by atoms with Gasteiger partial charge in [0, 0.05) is 17.3 Å². The van der Waals surface area contributed by atoms with Gasteiger partial charge in [0.2, 0.25) is 11.8 Å². The highest BCUT2D eigenvalue weighted by Crippen LogP contribution is 2.25. The molecule has 0 aliphatic heterocycles. The lowest BCUT2D eigenvalue weighted by atomic mass is 10.1. The predicted molar refractivity (Wildman–Crippen MR) is 70.1 cm³/mol. The molecule has 6 nitrogen and oxygen atoms in total. The number of hydrogen-bond donors (Lipinski definition) is 1. The molecule has 0 spiro atoms. The van der Waals surface area contributed by atoms with Crippen LogP contribution in [0.15, 0.2) is 40.9 Å². The van der Waals surface area contributed by atoms with Crippen molar-refractivity contribution in [2.75, 3.05) is 5.73 Å². The molecule has 3 rings (SSSR count). The van der Waals surface area contributed by atoms with Gasteiger partial charge in [-0.1, -0.05) is 12.1 Å². The quantitative estimate of drug-likeness (QED) is 0.797. The van der Waals surface area contributed by atoms with Crippen LogP contribution in [0.4, 0.5) is 14.7 Å². The first-order valence-corrected chi connectivity index (χ1v) is 5.94. The van der Waals surface area contributed by atoms with E-state index in [4.69, 9.17) is 10.2 Å². The first-order chi connectivity index (χ1) is 10.1. The second-order valence-corrected chi connectivity index (χ2v) is 4.12. The number of alkyl halides is 2. The molecule has 2 heterocycles.